The van der Waals surface area contributed by atoms with Gasteiger partial charge in [-0.2, -0.15) is 0 Å². The number of halogens is 1. The van der Waals surface area contributed by atoms with Crippen LogP contribution in [0.2, 0.25) is 0 Å². The summed E-state index contributed by atoms with van der Waals surface area (Å²) in [4.78, 5) is 39.0. The first-order chi connectivity index (χ1) is 19.5. The Bertz CT molecular complexity index is 844. The fourth-order valence-electron chi connectivity index (χ4n) is 5.08. The zero-order valence-corrected chi connectivity index (χ0v) is 25.5. The Hall–Kier alpha value is -2.12. The maximum Gasteiger partial charge on any atom is 0.408 e. The summed E-state index contributed by atoms with van der Waals surface area (Å²) >= 11 is 5.79. The van der Waals surface area contributed by atoms with Crippen LogP contribution < -0.4 is 5.32 Å². The van der Waals surface area contributed by atoms with Gasteiger partial charge in [0.2, 0.25) is 0 Å². The third-order valence-electron chi connectivity index (χ3n) is 7.37. The van der Waals surface area contributed by atoms with Crippen molar-refractivity contribution in [3.05, 3.63) is 35.4 Å². The number of rotatable bonds is 23. The van der Waals surface area contributed by atoms with Crippen molar-refractivity contribution >= 4 is 29.5 Å². The summed E-state index contributed by atoms with van der Waals surface area (Å²) in [5.74, 6) is -0.794. The van der Waals surface area contributed by atoms with Crippen LogP contribution in [0.3, 0.4) is 0 Å². The van der Waals surface area contributed by atoms with Gasteiger partial charge < -0.3 is 14.8 Å². The highest BCUT2D eigenvalue weighted by Crippen LogP contribution is 2.25. The van der Waals surface area contributed by atoms with E-state index in [4.69, 9.17) is 21.1 Å². The number of hydrogen-bond acceptors (Lipinski definition) is 5. The van der Waals surface area contributed by atoms with Gasteiger partial charge in [-0.05, 0) is 25.5 Å². The van der Waals surface area contributed by atoms with Crippen LogP contribution in [0, 0.1) is 0 Å². The number of benzene rings is 1. The van der Waals surface area contributed by atoms with Gasteiger partial charge in [0.15, 0.2) is 0 Å². The molecule has 2 rings (SSSR count). The molecule has 0 bridgehead atoms. The molecule has 1 aromatic carbocycles. The van der Waals surface area contributed by atoms with Crippen LogP contribution in [0.1, 0.15) is 137 Å². The topological polar surface area (TPSA) is 84.9 Å². The molecule has 0 spiro atoms. The standard InChI is InChI=1S/C32H51ClN2O5/c1-3-4-5-6-7-8-9-10-11-12-13-14-15-16-17-20-23-39-24-27(25-40-32(38)34-26(2)33)35-30(36)28-21-18-19-22-29(28)31(35)37/h18-19,21-22,26-27H,3-17,20,23-25H2,1-2H3,(H,34,38). The first kappa shape index (κ1) is 34.1. The van der Waals surface area contributed by atoms with Gasteiger partial charge in [0.25, 0.3) is 11.8 Å². The van der Waals surface area contributed by atoms with Crippen LogP contribution in [0.5, 0.6) is 0 Å². The first-order valence-electron chi connectivity index (χ1n) is 15.6. The summed E-state index contributed by atoms with van der Waals surface area (Å²) in [6, 6.07) is 5.99. The number of imide groups is 1. The zero-order valence-electron chi connectivity index (χ0n) is 24.8. The highest BCUT2D eigenvalue weighted by atomic mass is 35.5. The number of unbranched alkanes of at least 4 members (excludes halogenated alkanes) is 15. The van der Waals surface area contributed by atoms with Gasteiger partial charge in [0.05, 0.1) is 23.8 Å². The minimum Gasteiger partial charge on any atom is -0.447 e. The summed E-state index contributed by atoms with van der Waals surface area (Å²) in [6.07, 6.45) is 20.2. The molecule has 2 unspecified atom stereocenters. The molecule has 7 nitrogen and oxygen atoms in total. The summed E-state index contributed by atoms with van der Waals surface area (Å²) in [6.45, 7) is 4.34. The number of carbonyl (C=O) groups is 3. The number of nitrogens with zero attached hydrogens (tertiary/aromatic N) is 1. The number of carbonyl (C=O) groups excluding carboxylic acids is 3. The molecular weight excluding hydrogens is 528 g/mol. The summed E-state index contributed by atoms with van der Waals surface area (Å²) in [5, 5.41) is 2.43. The molecular formula is C32H51ClN2O5. The molecule has 1 heterocycles. The SMILES string of the molecule is CCCCCCCCCCCCCCCCCCOCC(COC(=O)NC(C)Cl)N1C(=O)c2ccccc2C1=O. The average molecular weight is 579 g/mol. The summed E-state index contributed by atoms with van der Waals surface area (Å²) < 4.78 is 11.1. The molecule has 0 aliphatic carbocycles. The van der Waals surface area contributed by atoms with Crippen LogP contribution in [-0.4, -0.2) is 54.2 Å². The molecule has 8 heteroatoms. The van der Waals surface area contributed by atoms with Gasteiger partial charge in [0, 0.05) is 6.61 Å². The van der Waals surface area contributed by atoms with E-state index in [1.54, 1.807) is 31.2 Å². The van der Waals surface area contributed by atoms with E-state index in [9.17, 15) is 14.4 Å². The van der Waals surface area contributed by atoms with Crippen molar-refractivity contribution in [3.8, 4) is 0 Å². The van der Waals surface area contributed by atoms with Crippen molar-refractivity contribution < 1.29 is 23.9 Å². The maximum absolute atomic E-state index is 12.9. The third-order valence-corrected chi connectivity index (χ3v) is 7.48. The molecule has 1 aromatic rings. The molecule has 0 saturated heterocycles. The lowest BCUT2D eigenvalue weighted by Crippen LogP contribution is -2.46. The normalized spacial score (nSPS) is 14.3. The number of alkyl halides is 1. The van der Waals surface area contributed by atoms with Crippen molar-refractivity contribution in [3.63, 3.8) is 0 Å². The zero-order chi connectivity index (χ0) is 29.0. The molecule has 0 fully saturated rings. The molecule has 3 amide bonds. The monoisotopic (exact) mass is 578 g/mol. The molecule has 1 aliphatic rings. The Morgan fingerprint density at radius 1 is 0.775 bits per heavy atom. The van der Waals surface area contributed by atoms with Gasteiger partial charge >= 0.3 is 6.09 Å². The molecule has 226 valence electrons. The highest BCUT2D eigenvalue weighted by Gasteiger charge is 2.40. The number of amides is 3. The summed E-state index contributed by atoms with van der Waals surface area (Å²) in [7, 11) is 0. The number of alkyl carbamates (subject to hydrolysis) is 1. The van der Waals surface area contributed by atoms with E-state index >= 15 is 0 Å². The number of hydrogen-bond donors (Lipinski definition) is 1. The van der Waals surface area contributed by atoms with E-state index in [1.165, 1.54) is 89.9 Å². The minimum atomic E-state index is -0.718. The second-order valence-corrected chi connectivity index (χ2v) is 11.6. The van der Waals surface area contributed by atoms with E-state index in [1.807, 2.05) is 0 Å². The lowest BCUT2D eigenvalue weighted by molar-refractivity contribution is 0.0215. The van der Waals surface area contributed by atoms with Gasteiger partial charge in [-0.3, -0.25) is 14.5 Å². The highest BCUT2D eigenvalue weighted by molar-refractivity contribution is 6.21. The largest absolute Gasteiger partial charge is 0.447 e. The Kier molecular flexibility index (Phi) is 17.6. The second-order valence-electron chi connectivity index (χ2n) is 10.9. The quantitative estimate of drug-likeness (QED) is 0.0611. The smallest absolute Gasteiger partial charge is 0.408 e. The molecule has 0 radical (unpaired) electrons. The second kappa shape index (κ2) is 20.7. The van der Waals surface area contributed by atoms with Crippen LogP contribution in [-0.2, 0) is 9.47 Å². The number of nitrogens with one attached hydrogen (secondary N) is 1. The lowest BCUT2D eigenvalue weighted by atomic mass is 10.0. The van der Waals surface area contributed by atoms with E-state index < -0.39 is 29.5 Å². The van der Waals surface area contributed by atoms with Crippen LogP contribution in [0.15, 0.2) is 24.3 Å². The number of fused-ring (bicyclic) bond motifs is 1. The van der Waals surface area contributed by atoms with Crippen molar-refractivity contribution in [1.82, 2.24) is 10.2 Å². The van der Waals surface area contributed by atoms with Crippen molar-refractivity contribution in [2.45, 2.75) is 128 Å². The number of ether oxygens (including phenoxy) is 2. The molecule has 2 atom stereocenters. The van der Waals surface area contributed by atoms with Crippen LogP contribution in [0.25, 0.3) is 0 Å². The Morgan fingerprint density at radius 3 is 1.68 bits per heavy atom. The first-order valence-corrected chi connectivity index (χ1v) is 16.0. The Morgan fingerprint density at radius 2 is 1.23 bits per heavy atom. The van der Waals surface area contributed by atoms with Crippen LogP contribution in [0.4, 0.5) is 4.79 Å². The van der Waals surface area contributed by atoms with E-state index in [-0.39, 0.29) is 13.2 Å². The molecule has 0 saturated carbocycles. The van der Waals surface area contributed by atoms with Gasteiger partial charge in [0.1, 0.15) is 12.1 Å². The van der Waals surface area contributed by atoms with Gasteiger partial charge in [-0.1, -0.05) is 127 Å². The maximum atomic E-state index is 12.9. The Labute approximate surface area is 246 Å². The lowest BCUT2D eigenvalue weighted by Gasteiger charge is -2.26. The van der Waals surface area contributed by atoms with E-state index in [0.29, 0.717) is 17.7 Å². The van der Waals surface area contributed by atoms with Crippen LogP contribution >= 0.6 is 11.6 Å². The minimum absolute atomic E-state index is 0.105. The van der Waals surface area contributed by atoms with Crippen molar-refractivity contribution in [2.75, 3.05) is 19.8 Å². The van der Waals surface area contributed by atoms with E-state index in [0.717, 1.165) is 17.7 Å². The molecule has 40 heavy (non-hydrogen) atoms. The van der Waals surface area contributed by atoms with Gasteiger partial charge in [-0.25, -0.2) is 4.79 Å². The Balaban J connectivity index is 1.58. The van der Waals surface area contributed by atoms with Crippen molar-refractivity contribution in [2.24, 2.45) is 0 Å². The predicted molar refractivity (Wildman–Crippen MR) is 161 cm³/mol. The summed E-state index contributed by atoms with van der Waals surface area (Å²) in [5.41, 5.74) is 0.111. The molecule has 0 aromatic heterocycles. The predicted octanol–water partition coefficient (Wildman–Crippen LogP) is 8.24. The fourth-order valence-corrected chi connectivity index (χ4v) is 5.17. The van der Waals surface area contributed by atoms with Crippen molar-refractivity contribution in [1.29, 1.82) is 0 Å². The van der Waals surface area contributed by atoms with E-state index in [2.05, 4.69) is 12.2 Å². The average Bonchev–Trinajstić information content (AvgIpc) is 3.19. The fraction of sp³-hybridized carbons (Fsp3) is 0.719. The molecule has 1 N–H and O–H groups in total. The van der Waals surface area contributed by atoms with Gasteiger partial charge in [-0.15, -0.1) is 0 Å². The third kappa shape index (κ3) is 13.0. The molecule has 1 aliphatic heterocycles.